The van der Waals surface area contributed by atoms with Crippen LogP contribution in [0.2, 0.25) is 0 Å². The van der Waals surface area contributed by atoms with Gasteiger partial charge in [-0.2, -0.15) is 13.2 Å². The molecule has 2 N–H and O–H groups in total. The van der Waals surface area contributed by atoms with E-state index in [0.717, 1.165) is 22.9 Å². The molecule has 1 heterocycles. The van der Waals surface area contributed by atoms with Gasteiger partial charge in [0, 0.05) is 13.0 Å². The Labute approximate surface area is 177 Å². The average Bonchev–Trinajstić information content (AvgIpc) is 2.76. The minimum atomic E-state index is -4.40. The fourth-order valence-corrected chi connectivity index (χ4v) is 3.77. The van der Waals surface area contributed by atoms with Crippen LogP contribution in [0.25, 0.3) is 0 Å². The second-order valence-electron chi connectivity index (χ2n) is 6.75. The van der Waals surface area contributed by atoms with Crippen LogP contribution < -0.4 is 15.4 Å². The van der Waals surface area contributed by atoms with E-state index < -0.39 is 18.3 Å². The predicted molar refractivity (Wildman–Crippen MR) is 112 cm³/mol. The fourth-order valence-electron chi connectivity index (χ4n) is 2.97. The molecule has 5 nitrogen and oxygen atoms in total. The zero-order chi connectivity index (χ0) is 21.6. The molecule has 0 fully saturated rings. The van der Waals surface area contributed by atoms with Crippen LogP contribution in [-0.4, -0.2) is 36.2 Å². The maximum absolute atomic E-state index is 13.4. The summed E-state index contributed by atoms with van der Waals surface area (Å²) in [7, 11) is 1.57. The second-order valence-corrected chi connectivity index (χ2v) is 7.71. The molecule has 3 rings (SSSR count). The Kier molecular flexibility index (Phi) is 7.25. The summed E-state index contributed by atoms with van der Waals surface area (Å²) in [6, 6.07) is 13.8. The van der Waals surface area contributed by atoms with E-state index >= 15 is 0 Å². The lowest BCUT2D eigenvalue weighted by Crippen LogP contribution is -2.48. The molecule has 0 unspecified atom stereocenters. The molecule has 1 aliphatic heterocycles. The summed E-state index contributed by atoms with van der Waals surface area (Å²) in [4.78, 5) is 16.6. The smallest absolute Gasteiger partial charge is 0.408 e. The predicted octanol–water partition coefficient (Wildman–Crippen LogP) is 4.07. The Morgan fingerprint density at radius 3 is 2.53 bits per heavy atom. The quantitative estimate of drug-likeness (QED) is 0.715. The van der Waals surface area contributed by atoms with Crippen molar-refractivity contribution in [2.24, 2.45) is 4.99 Å². The van der Waals surface area contributed by atoms with Gasteiger partial charge in [-0.1, -0.05) is 54.2 Å². The number of benzene rings is 2. The summed E-state index contributed by atoms with van der Waals surface area (Å²) >= 11 is 0.972. The van der Waals surface area contributed by atoms with Gasteiger partial charge in [-0.25, -0.2) is 0 Å². The van der Waals surface area contributed by atoms with Crippen LogP contribution >= 0.6 is 11.8 Å². The highest BCUT2D eigenvalue weighted by atomic mass is 32.2. The van der Waals surface area contributed by atoms with Crippen molar-refractivity contribution in [1.29, 1.82) is 0 Å². The molecule has 0 aliphatic carbocycles. The van der Waals surface area contributed by atoms with E-state index in [4.69, 9.17) is 4.74 Å². The standard InChI is InChI=1S/C21H22F3N3O2S/c1-29-16-9-7-14(8-10-16)12-25-19(28)13-30-20-26-17(15-5-3-2-4-6-15)11-18(27-20)21(22,23)24/h2-10,17-18H,11-13H2,1H3,(H,25,28)(H,26,27)/t17-,18-/m0/s1. The SMILES string of the molecule is COc1ccc(CNC(=O)CSC2=N[C@H](c3ccccc3)C[C@@H](C(F)(F)F)N2)cc1. The van der Waals surface area contributed by atoms with Crippen LogP contribution in [0.15, 0.2) is 59.6 Å². The summed E-state index contributed by atoms with van der Waals surface area (Å²) in [5.41, 5.74) is 1.61. The first-order valence-corrected chi connectivity index (χ1v) is 10.3. The Morgan fingerprint density at radius 2 is 1.90 bits per heavy atom. The maximum Gasteiger partial charge on any atom is 0.408 e. The third-order valence-corrected chi connectivity index (χ3v) is 5.50. The van der Waals surface area contributed by atoms with Crippen molar-refractivity contribution in [2.45, 2.75) is 31.2 Å². The van der Waals surface area contributed by atoms with Gasteiger partial charge in [0.05, 0.1) is 18.9 Å². The van der Waals surface area contributed by atoms with Crippen LogP contribution in [0.5, 0.6) is 5.75 Å². The molecular weight excluding hydrogens is 415 g/mol. The lowest BCUT2D eigenvalue weighted by atomic mass is 9.98. The van der Waals surface area contributed by atoms with Crippen molar-refractivity contribution in [2.75, 3.05) is 12.9 Å². The summed E-state index contributed by atoms with van der Waals surface area (Å²) in [5.74, 6) is 0.397. The van der Waals surface area contributed by atoms with Gasteiger partial charge < -0.3 is 15.4 Å². The van der Waals surface area contributed by atoms with E-state index in [-0.39, 0.29) is 23.2 Å². The number of carbonyl (C=O) groups is 1. The minimum Gasteiger partial charge on any atom is -0.497 e. The van der Waals surface area contributed by atoms with Gasteiger partial charge in [-0.3, -0.25) is 9.79 Å². The number of amidine groups is 1. The molecule has 30 heavy (non-hydrogen) atoms. The number of hydrogen-bond acceptors (Lipinski definition) is 5. The first kappa shape index (κ1) is 22.0. The largest absolute Gasteiger partial charge is 0.497 e. The van der Waals surface area contributed by atoms with Crippen LogP contribution in [-0.2, 0) is 11.3 Å². The average molecular weight is 437 g/mol. The highest BCUT2D eigenvalue weighted by Gasteiger charge is 2.43. The van der Waals surface area contributed by atoms with E-state index in [0.29, 0.717) is 12.3 Å². The molecule has 0 bridgehead atoms. The van der Waals surface area contributed by atoms with Crippen molar-refractivity contribution < 1.29 is 22.7 Å². The number of nitrogens with one attached hydrogen (secondary N) is 2. The number of alkyl halides is 3. The van der Waals surface area contributed by atoms with Crippen molar-refractivity contribution in [1.82, 2.24) is 10.6 Å². The highest BCUT2D eigenvalue weighted by molar-refractivity contribution is 8.14. The van der Waals surface area contributed by atoms with E-state index in [9.17, 15) is 18.0 Å². The van der Waals surface area contributed by atoms with Gasteiger partial charge in [-0.15, -0.1) is 0 Å². The summed E-state index contributed by atoms with van der Waals surface area (Å²) in [5, 5.41) is 5.31. The number of ether oxygens (including phenoxy) is 1. The molecule has 2 aromatic carbocycles. The van der Waals surface area contributed by atoms with Crippen LogP contribution in [0.1, 0.15) is 23.6 Å². The normalized spacial score (nSPS) is 18.9. The number of rotatable bonds is 6. The minimum absolute atomic E-state index is 0.0337. The molecule has 0 spiro atoms. The molecule has 1 amide bonds. The van der Waals surface area contributed by atoms with Gasteiger partial charge in [0.25, 0.3) is 0 Å². The van der Waals surface area contributed by atoms with Gasteiger partial charge in [-0.05, 0) is 23.3 Å². The Bertz CT molecular complexity index is 873. The molecule has 0 radical (unpaired) electrons. The molecule has 160 valence electrons. The highest BCUT2D eigenvalue weighted by Crippen LogP contribution is 2.34. The van der Waals surface area contributed by atoms with Crippen LogP contribution in [0, 0.1) is 0 Å². The number of nitrogens with zero attached hydrogens (tertiary/aromatic N) is 1. The lowest BCUT2D eigenvalue weighted by Gasteiger charge is -2.31. The van der Waals surface area contributed by atoms with Gasteiger partial charge in [0.2, 0.25) is 5.91 Å². The summed E-state index contributed by atoms with van der Waals surface area (Å²) in [6.07, 6.45) is -4.58. The number of aliphatic imine (C=N–C) groups is 1. The Balaban J connectivity index is 1.58. The van der Waals surface area contributed by atoms with Crippen molar-refractivity contribution >= 4 is 22.8 Å². The van der Waals surface area contributed by atoms with E-state index in [1.807, 2.05) is 12.1 Å². The maximum atomic E-state index is 13.4. The first-order chi connectivity index (χ1) is 14.3. The van der Waals surface area contributed by atoms with Gasteiger partial charge in [0.15, 0.2) is 5.17 Å². The van der Waals surface area contributed by atoms with E-state index in [2.05, 4.69) is 15.6 Å². The van der Waals surface area contributed by atoms with E-state index in [1.165, 1.54) is 0 Å². The number of amides is 1. The topological polar surface area (TPSA) is 62.7 Å². The van der Waals surface area contributed by atoms with Crippen molar-refractivity contribution in [3.63, 3.8) is 0 Å². The first-order valence-electron chi connectivity index (χ1n) is 9.33. The zero-order valence-corrected chi connectivity index (χ0v) is 17.1. The Morgan fingerprint density at radius 1 is 1.20 bits per heavy atom. The van der Waals surface area contributed by atoms with Crippen molar-refractivity contribution in [3.05, 3.63) is 65.7 Å². The fraction of sp³-hybridized carbons (Fsp3) is 0.333. The molecular formula is C21H22F3N3O2S. The third-order valence-electron chi connectivity index (χ3n) is 4.60. The number of hydrogen-bond donors (Lipinski definition) is 2. The third kappa shape index (κ3) is 6.16. The lowest BCUT2D eigenvalue weighted by molar-refractivity contribution is -0.155. The molecule has 0 aromatic heterocycles. The summed E-state index contributed by atoms with van der Waals surface area (Å²) in [6.45, 7) is 0.321. The monoisotopic (exact) mass is 437 g/mol. The Hall–Kier alpha value is -2.68. The zero-order valence-electron chi connectivity index (χ0n) is 16.3. The number of halogens is 3. The van der Waals surface area contributed by atoms with Gasteiger partial charge in [0.1, 0.15) is 11.8 Å². The number of methoxy groups -OCH3 is 1. The number of carbonyl (C=O) groups excluding carboxylic acids is 1. The molecule has 0 saturated carbocycles. The van der Waals surface area contributed by atoms with Crippen molar-refractivity contribution in [3.8, 4) is 5.75 Å². The second kappa shape index (κ2) is 9.88. The molecule has 2 aromatic rings. The van der Waals surface area contributed by atoms with Crippen LogP contribution in [0.4, 0.5) is 13.2 Å². The van der Waals surface area contributed by atoms with Gasteiger partial charge >= 0.3 is 6.18 Å². The number of thioether (sulfide) groups is 1. The molecule has 2 atom stereocenters. The summed E-state index contributed by atoms with van der Waals surface area (Å²) < 4.78 is 45.1. The molecule has 1 aliphatic rings. The van der Waals surface area contributed by atoms with Crippen LogP contribution in [0.3, 0.4) is 0 Å². The van der Waals surface area contributed by atoms with E-state index in [1.54, 1.807) is 49.6 Å². The molecule has 0 saturated heterocycles. The molecule has 9 heteroatoms.